The molecule has 218 valence electrons. The summed E-state index contributed by atoms with van der Waals surface area (Å²) in [5, 5.41) is 12.5. The second-order valence-corrected chi connectivity index (χ2v) is 10.8. The van der Waals surface area contributed by atoms with Crippen LogP contribution in [0.15, 0.2) is 67.1 Å². The van der Waals surface area contributed by atoms with Crippen LogP contribution in [-0.2, 0) is 6.54 Å². The predicted octanol–water partition coefficient (Wildman–Crippen LogP) is 5.71. The van der Waals surface area contributed by atoms with Crippen molar-refractivity contribution in [3.63, 3.8) is 0 Å². The van der Waals surface area contributed by atoms with Crippen molar-refractivity contribution in [1.82, 2.24) is 34.4 Å². The van der Waals surface area contributed by atoms with E-state index >= 15 is 0 Å². The number of anilines is 2. The lowest BCUT2D eigenvalue weighted by Crippen LogP contribution is -2.38. The van der Waals surface area contributed by atoms with Crippen LogP contribution < -0.4 is 11.1 Å². The van der Waals surface area contributed by atoms with E-state index in [1.165, 1.54) is 24.7 Å². The summed E-state index contributed by atoms with van der Waals surface area (Å²) >= 11 is 0. The first-order valence-corrected chi connectivity index (χ1v) is 15.1. The Kier molecular flexibility index (Phi) is 8.24. The zero-order chi connectivity index (χ0) is 29.8. The van der Waals surface area contributed by atoms with Gasteiger partial charge in [0.25, 0.3) is 0 Å². The van der Waals surface area contributed by atoms with Gasteiger partial charge in [-0.3, -0.25) is 9.47 Å². The lowest BCUT2D eigenvalue weighted by atomic mass is 10.0. The van der Waals surface area contributed by atoms with Gasteiger partial charge < -0.3 is 11.1 Å². The zero-order valence-electron chi connectivity index (χ0n) is 24.6. The summed E-state index contributed by atoms with van der Waals surface area (Å²) in [4.78, 5) is 25.0. The Balaban J connectivity index is 0.00000161. The highest BCUT2D eigenvalue weighted by molar-refractivity contribution is 5.83. The third-order valence-electron chi connectivity index (χ3n) is 7.92. The van der Waals surface area contributed by atoms with Crippen molar-refractivity contribution in [1.29, 1.82) is 5.26 Å². The first-order chi connectivity index (χ1) is 21.1. The van der Waals surface area contributed by atoms with Crippen LogP contribution in [-0.4, -0.2) is 53.5 Å². The van der Waals surface area contributed by atoms with Gasteiger partial charge in [0.15, 0.2) is 11.5 Å². The van der Waals surface area contributed by atoms with Crippen LogP contribution >= 0.6 is 0 Å². The number of aromatic nitrogens is 6. The van der Waals surface area contributed by atoms with E-state index in [1.807, 2.05) is 26.0 Å². The second-order valence-electron chi connectivity index (χ2n) is 10.8. The molecular formula is C33H36N10. The molecule has 7 rings (SSSR count). The predicted molar refractivity (Wildman–Crippen MR) is 169 cm³/mol. The largest absolute Gasteiger partial charge is 0.383 e. The first kappa shape index (κ1) is 28.2. The highest BCUT2D eigenvalue weighted by atomic mass is 15.2. The van der Waals surface area contributed by atoms with Crippen molar-refractivity contribution in [3.8, 4) is 23.1 Å². The van der Waals surface area contributed by atoms with Gasteiger partial charge in [-0.25, -0.2) is 24.9 Å². The van der Waals surface area contributed by atoms with Gasteiger partial charge in [-0.1, -0.05) is 26.0 Å². The fourth-order valence-corrected chi connectivity index (χ4v) is 5.56. The molecule has 4 aromatic heterocycles. The number of hydrogen-bond donors (Lipinski definition) is 2. The molecule has 1 saturated carbocycles. The SMILES string of the molecule is CC.N#Cc1cc(NC2CCN(Cc3ccc(-n4c(-c5cccnc5N)nc5ccc(C6CC6)nc54)cc3)CC2)ncn1. The fourth-order valence-electron chi connectivity index (χ4n) is 5.56. The summed E-state index contributed by atoms with van der Waals surface area (Å²) in [7, 11) is 0. The van der Waals surface area contributed by atoms with E-state index in [0.717, 1.165) is 66.4 Å². The molecule has 43 heavy (non-hydrogen) atoms. The smallest absolute Gasteiger partial charge is 0.165 e. The molecule has 1 aliphatic heterocycles. The quantitative estimate of drug-likeness (QED) is 0.251. The summed E-state index contributed by atoms with van der Waals surface area (Å²) < 4.78 is 2.11. The van der Waals surface area contributed by atoms with Crippen molar-refractivity contribution in [2.75, 3.05) is 24.1 Å². The minimum atomic E-state index is 0.330. The minimum absolute atomic E-state index is 0.330. The normalized spacial score (nSPS) is 15.5. The van der Waals surface area contributed by atoms with Gasteiger partial charge in [-0.05, 0) is 67.6 Å². The zero-order valence-corrected chi connectivity index (χ0v) is 24.6. The molecule has 2 aliphatic rings. The van der Waals surface area contributed by atoms with Crippen molar-refractivity contribution in [3.05, 3.63) is 84.1 Å². The maximum absolute atomic E-state index is 9.08. The number of nitrogens with one attached hydrogen (secondary N) is 1. The number of fused-ring (bicyclic) bond motifs is 1. The number of nitrogens with zero attached hydrogens (tertiary/aromatic N) is 8. The van der Waals surface area contributed by atoms with E-state index in [1.54, 1.807) is 12.3 Å². The highest BCUT2D eigenvalue weighted by Crippen LogP contribution is 2.40. The first-order valence-electron chi connectivity index (χ1n) is 15.1. The number of benzene rings is 1. The van der Waals surface area contributed by atoms with Crippen molar-refractivity contribution < 1.29 is 0 Å². The number of imidazole rings is 1. The van der Waals surface area contributed by atoms with Gasteiger partial charge in [-0.2, -0.15) is 5.26 Å². The summed E-state index contributed by atoms with van der Waals surface area (Å²) in [5.74, 6) is 2.46. The number of nitriles is 1. The lowest BCUT2D eigenvalue weighted by molar-refractivity contribution is 0.211. The van der Waals surface area contributed by atoms with E-state index in [0.29, 0.717) is 29.3 Å². The van der Waals surface area contributed by atoms with Crippen LogP contribution in [0.1, 0.15) is 62.4 Å². The van der Waals surface area contributed by atoms with Gasteiger partial charge in [-0.15, -0.1) is 0 Å². The number of likely N-dealkylation sites (tertiary alicyclic amines) is 1. The maximum atomic E-state index is 9.08. The Bertz CT molecular complexity index is 1740. The Morgan fingerprint density at radius 3 is 2.47 bits per heavy atom. The van der Waals surface area contributed by atoms with E-state index in [2.05, 4.69) is 72.2 Å². The molecule has 0 spiro atoms. The van der Waals surface area contributed by atoms with Gasteiger partial charge in [0, 0.05) is 55.2 Å². The molecule has 3 N–H and O–H groups in total. The topological polar surface area (TPSA) is 134 Å². The molecule has 0 radical (unpaired) electrons. The Morgan fingerprint density at radius 1 is 0.953 bits per heavy atom. The summed E-state index contributed by atoms with van der Waals surface area (Å²) in [6, 6.07) is 20.8. The molecule has 2 fully saturated rings. The molecule has 0 amide bonds. The van der Waals surface area contributed by atoms with E-state index in [-0.39, 0.29) is 0 Å². The number of piperidine rings is 1. The average Bonchev–Trinajstić information content (AvgIpc) is 3.84. The second kappa shape index (κ2) is 12.5. The molecule has 0 atom stereocenters. The molecule has 1 saturated heterocycles. The highest BCUT2D eigenvalue weighted by Gasteiger charge is 2.27. The van der Waals surface area contributed by atoms with Crippen molar-refractivity contribution >= 4 is 22.8 Å². The Labute approximate surface area is 251 Å². The van der Waals surface area contributed by atoms with Crippen LogP contribution in [0, 0.1) is 11.3 Å². The van der Waals surface area contributed by atoms with Gasteiger partial charge in [0.2, 0.25) is 0 Å². The van der Waals surface area contributed by atoms with Gasteiger partial charge >= 0.3 is 0 Å². The number of rotatable bonds is 7. The van der Waals surface area contributed by atoms with Gasteiger partial charge in [0.1, 0.15) is 35.2 Å². The molecule has 10 heteroatoms. The minimum Gasteiger partial charge on any atom is -0.383 e. The molecule has 5 aromatic rings. The number of nitrogens with two attached hydrogens (primary N) is 1. The number of pyridine rings is 2. The maximum Gasteiger partial charge on any atom is 0.165 e. The summed E-state index contributed by atoms with van der Waals surface area (Å²) in [5.41, 5.74) is 12.5. The molecule has 1 aromatic carbocycles. The van der Waals surface area contributed by atoms with E-state index in [9.17, 15) is 0 Å². The molecular weight excluding hydrogens is 536 g/mol. The van der Waals surface area contributed by atoms with Crippen LogP contribution in [0.25, 0.3) is 28.2 Å². The fraction of sp³-hybridized carbons (Fsp3) is 0.333. The summed E-state index contributed by atoms with van der Waals surface area (Å²) in [6.07, 6.45) is 7.54. The lowest BCUT2D eigenvalue weighted by Gasteiger charge is -2.32. The van der Waals surface area contributed by atoms with Crippen LogP contribution in [0.2, 0.25) is 0 Å². The van der Waals surface area contributed by atoms with Crippen LogP contribution in [0.4, 0.5) is 11.6 Å². The van der Waals surface area contributed by atoms with Crippen LogP contribution in [0.5, 0.6) is 0 Å². The van der Waals surface area contributed by atoms with E-state index < -0.39 is 0 Å². The number of hydrogen-bond acceptors (Lipinski definition) is 9. The molecule has 5 heterocycles. The average molecular weight is 573 g/mol. The molecule has 10 nitrogen and oxygen atoms in total. The number of nitrogen functional groups attached to an aromatic ring is 1. The van der Waals surface area contributed by atoms with Crippen molar-refractivity contribution in [2.45, 2.75) is 58.0 Å². The molecule has 1 aliphatic carbocycles. The van der Waals surface area contributed by atoms with Crippen LogP contribution in [0.3, 0.4) is 0 Å². The molecule has 0 bridgehead atoms. The third kappa shape index (κ3) is 6.17. The monoisotopic (exact) mass is 572 g/mol. The Hall–Kier alpha value is -4.88. The van der Waals surface area contributed by atoms with Gasteiger partial charge in [0.05, 0.1) is 5.56 Å². The third-order valence-corrected chi connectivity index (χ3v) is 7.92. The standard InChI is InChI=1S/C31H30N10.C2H6/c32-17-23-16-28(36-19-35-23)37-22-11-14-40(15-12-22)18-20-3-7-24(8-4-20)41-30(25-2-1-13-34-29(25)33)39-27-10-9-26(21-5-6-21)38-31(27)41;1-2/h1-4,7-10,13,16,19,21-22H,5-6,11-12,14-15,18H2,(H2,33,34)(H,35,36,37);1-2H3. The molecule has 0 unspecified atom stereocenters. The van der Waals surface area contributed by atoms with Crippen molar-refractivity contribution in [2.24, 2.45) is 0 Å². The Morgan fingerprint density at radius 2 is 1.74 bits per heavy atom. The van der Waals surface area contributed by atoms with E-state index in [4.69, 9.17) is 21.0 Å². The summed E-state index contributed by atoms with van der Waals surface area (Å²) in [6.45, 7) is 6.86.